The molecule has 310 valence electrons. The highest BCUT2D eigenvalue weighted by Crippen LogP contribution is 2.42. The molecule has 0 atom stereocenters. The zero-order chi connectivity index (χ0) is 43.7. The lowest BCUT2D eigenvalue weighted by molar-refractivity contribution is 0.0697. The standard InChI is InChI=1S/C38H34N2O9S2.2O3S/c1-3-39(23-25-13-17-29(18-14-25)50(43,44)45)27-15-19-32-34(21-27)49-35-22-28(40(4-2)24-26-9-5-8-12-36(26)51(46,47)48)16-20-33(35)37(32)30-10-6-7-11-31(30)38(41)42;2*1-4(2)3/h5-22H,3-4,23-24H2,1-2H3,(H2-,41,42,43,44,45,46,47,48);;/p+1. The number of carboxylic acid groups (broad SMARTS) is 1. The van der Waals surface area contributed by atoms with Gasteiger partial charge in [0, 0.05) is 53.0 Å². The van der Waals surface area contributed by atoms with Crippen molar-refractivity contribution in [3.63, 3.8) is 0 Å². The number of anilines is 1. The molecule has 0 spiro atoms. The van der Waals surface area contributed by atoms with Crippen LogP contribution in [0.5, 0.6) is 0 Å². The molecule has 0 amide bonds. The lowest BCUT2D eigenvalue weighted by Crippen LogP contribution is -2.29. The number of nitrogens with zero attached hydrogens (tertiary/aromatic N) is 2. The highest BCUT2D eigenvalue weighted by molar-refractivity contribution is 7.86. The van der Waals surface area contributed by atoms with E-state index in [9.17, 15) is 35.8 Å². The molecule has 4 aromatic carbocycles. The summed E-state index contributed by atoms with van der Waals surface area (Å²) in [7, 11) is -15.0. The molecule has 1 aliphatic heterocycles. The van der Waals surface area contributed by atoms with E-state index in [4.69, 9.17) is 29.7 Å². The van der Waals surface area contributed by atoms with Crippen LogP contribution in [0.4, 0.5) is 5.69 Å². The molecular weight excluding hydrogens is 853 g/mol. The van der Waals surface area contributed by atoms with Crippen LogP contribution in [0.15, 0.2) is 123 Å². The van der Waals surface area contributed by atoms with E-state index in [2.05, 4.69) is 4.58 Å². The molecule has 0 fully saturated rings. The number of aromatic carboxylic acids is 1. The number of benzene rings is 5. The van der Waals surface area contributed by atoms with Crippen molar-refractivity contribution in [1.29, 1.82) is 0 Å². The van der Waals surface area contributed by atoms with Crippen LogP contribution in [0.2, 0.25) is 0 Å². The van der Waals surface area contributed by atoms with Crippen LogP contribution >= 0.6 is 0 Å². The van der Waals surface area contributed by atoms with E-state index in [1.165, 1.54) is 18.2 Å². The van der Waals surface area contributed by atoms with Crippen LogP contribution in [0.1, 0.15) is 35.3 Å². The van der Waals surface area contributed by atoms with E-state index in [0.29, 0.717) is 58.6 Å². The molecule has 0 saturated carbocycles. The summed E-state index contributed by atoms with van der Waals surface area (Å²) in [5.41, 5.74) is 4.42. The summed E-state index contributed by atoms with van der Waals surface area (Å²) in [5.74, 6) is -0.583. The molecule has 6 rings (SSSR count). The van der Waals surface area contributed by atoms with Gasteiger partial charge in [-0.3, -0.25) is 9.11 Å². The van der Waals surface area contributed by atoms with Gasteiger partial charge in [0.05, 0.1) is 21.4 Å². The van der Waals surface area contributed by atoms with Gasteiger partial charge < -0.3 is 14.4 Å². The molecule has 0 bridgehead atoms. The maximum absolute atomic E-state index is 12.4. The summed E-state index contributed by atoms with van der Waals surface area (Å²) >= 11 is 0. The quantitative estimate of drug-likeness (QED) is 0.0924. The molecular formula is C38H35N2O15S4+. The van der Waals surface area contributed by atoms with E-state index < -0.39 is 47.4 Å². The van der Waals surface area contributed by atoms with Gasteiger partial charge in [-0.25, -0.2) is 9.37 Å². The molecule has 59 heavy (non-hydrogen) atoms. The molecule has 0 aromatic heterocycles. The van der Waals surface area contributed by atoms with Crippen molar-refractivity contribution in [2.75, 3.05) is 18.0 Å². The Kier molecular flexibility index (Phi) is 15.1. The van der Waals surface area contributed by atoms with Gasteiger partial charge in [-0.2, -0.15) is 16.8 Å². The van der Waals surface area contributed by atoms with Crippen molar-refractivity contribution < 1.29 is 65.5 Å². The van der Waals surface area contributed by atoms with Gasteiger partial charge in [-0.05, 0) is 67.4 Å². The highest BCUT2D eigenvalue weighted by atomic mass is 32.2. The van der Waals surface area contributed by atoms with Gasteiger partial charge in [0.25, 0.3) is 20.2 Å². The Hall–Kier alpha value is -6.10. The zero-order valence-electron chi connectivity index (χ0n) is 31.0. The maximum Gasteiger partial charge on any atom is 0.425 e. The van der Waals surface area contributed by atoms with Crippen molar-refractivity contribution in [2.45, 2.75) is 36.7 Å². The third-order valence-electron chi connectivity index (χ3n) is 8.82. The summed E-state index contributed by atoms with van der Waals surface area (Å²) in [6.07, 6.45) is 0. The third kappa shape index (κ3) is 12.0. The van der Waals surface area contributed by atoms with Crippen molar-refractivity contribution >= 4 is 64.1 Å². The molecule has 3 N–H and O–H groups in total. The average molecular weight is 888 g/mol. The summed E-state index contributed by atoms with van der Waals surface area (Å²) in [4.78, 5) is 14.0. The minimum atomic E-state index is -4.45. The third-order valence-corrected chi connectivity index (χ3v) is 10.6. The molecule has 21 heteroatoms. The van der Waals surface area contributed by atoms with Crippen LogP contribution < -0.4 is 14.8 Å². The topological polar surface area (TPSA) is 268 Å². The fraction of sp³-hybridized carbons (Fsp3) is 0.158. The predicted octanol–water partition coefficient (Wildman–Crippen LogP) is 4.41. The van der Waals surface area contributed by atoms with Gasteiger partial charge >= 0.3 is 27.2 Å². The average Bonchev–Trinajstić information content (AvgIpc) is 3.17. The second-order valence-corrected chi connectivity index (χ2v) is 16.0. The van der Waals surface area contributed by atoms with E-state index in [1.54, 1.807) is 54.6 Å². The van der Waals surface area contributed by atoms with Crippen LogP contribution in [0, 0.1) is 0 Å². The largest absolute Gasteiger partial charge is 0.478 e. The number of carbonyl (C=O) groups is 1. The summed E-state index contributed by atoms with van der Waals surface area (Å²) in [6, 6.07) is 30.3. The second-order valence-electron chi connectivity index (χ2n) is 12.3. The molecule has 1 heterocycles. The van der Waals surface area contributed by atoms with Gasteiger partial charge in [0.15, 0.2) is 6.54 Å². The summed E-state index contributed by atoms with van der Waals surface area (Å²) in [6.45, 7) is 5.60. The van der Waals surface area contributed by atoms with E-state index >= 15 is 0 Å². The fourth-order valence-corrected chi connectivity index (χ4v) is 7.48. The Labute approximate surface area is 341 Å². The smallest absolute Gasteiger partial charge is 0.425 e. The first-order chi connectivity index (χ1) is 27.7. The first-order valence-electron chi connectivity index (χ1n) is 17.1. The van der Waals surface area contributed by atoms with E-state index in [0.717, 1.165) is 16.6 Å². The molecule has 2 aliphatic rings. The minimum absolute atomic E-state index is 0.125. The predicted molar refractivity (Wildman–Crippen MR) is 213 cm³/mol. The number of carboxylic acids is 1. The minimum Gasteiger partial charge on any atom is -0.478 e. The Morgan fingerprint density at radius 2 is 1.34 bits per heavy atom. The Morgan fingerprint density at radius 1 is 0.729 bits per heavy atom. The van der Waals surface area contributed by atoms with Crippen LogP contribution in [-0.2, 0) is 54.5 Å². The molecule has 0 saturated heterocycles. The van der Waals surface area contributed by atoms with Gasteiger partial charge in [-0.15, -0.1) is 25.3 Å². The highest BCUT2D eigenvalue weighted by Gasteiger charge is 2.24. The number of hydrogen-bond acceptors (Lipinski definition) is 13. The Bertz CT molecular complexity index is 2980. The first-order valence-corrected chi connectivity index (χ1v) is 21.9. The lowest BCUT2D eigenvalue weighted by atomic mass is 9.90. The molecule has 0 radical (unpaired) electrons. The number of hydrogen-bond donors (Lipinski definition) is 3. The van der Waals surface area contributed by atoms with E-state index in [-0.39, 0.29) is 21.9 Å². The summed E-state index contributed by atoms with van der Waals surface area (Å²) in [5, 5.41) is 11.6. The van der Waals surface area contributed by atoms with Crippen molar-refractivity contribution in [2.24, 2.45) is 0 Å². The Balaban J connectivity index is 0.000000882. The molecule has 4 aromatic rings. The van der Waals surface area contributed by atoms with Gasteiger partial charge in [0.2, 0.25) is 5.36 Å². The summed E-state index contributed by atoms with van der Waals surface area (Å²) < 4.78 is 126. The second kappa shape index (κ2) is 19.6. The van der Waals surface area contributed by atoms with Crippen molar-refractivity contribution in [3.05, 3.63) is 131 Å². The zero-order valence-corrected chi connectivity index (χ0v) is 34.3. The van der Waals surface area contributed by atoms with Crippen LogP contribution in [0.25, 0.3) is 33.4 Å². The van der Waals surface area contributed by atoms with E-state index in [1.807, 2.05) is 55.1 Å². The SMILES string of the molecule is CCN(Cc1ccccc1S(=O)(=O)O)c1ccc2c(-c3ccccc3C(=O)O)c3ccc(=[N+](CC)Cc4ccc(S(=O)(=O)O)cc4)cc-3oc2c1.O=S(=O)=O.O=S(=O)=O. The monoisotopic (exact) mass is 887 g/mol. The van der Waals surface area contributed by atoms with Crippen LogP contribution in [0.3, 0.4) is 0 Å². The number of fused-ring (bicyclic) bond motifs is 2. The molecule has 1 aliphatic carbocycles. The molecule has 0 unspecified atom stereocenters. The Morgan fingerprint density at radius 3 is 1.92 bits per heavy atom. The van der Waals surface area contributed by atoms with Crippen molar-refractivity contribution in [3.8, 4) is 22.5 Å². The lowest BCUT2D eigenvalue weighted by Gasteiger charge is -2.25. The fourth-order valence-electron chi connectivity index (χ4n) is 6.29. The van der Waals surface area contributed by atoms with Gasteiger partial charge in [-0.1, -0.05) is 48.5 Å². The van der Waals surface area contributed by atoms with Gasteiger partial charge in [0.1, 0.15) is 17.9 Å². The van der Waals surface area contributed by atoms with Crippen LogP contribution in [-0.4, -0.2) is 75.4 Å². The first kappa shape index (κ1) is 45.6. The van der Waals surface area contributed by atoms with Crippen molar-refractivity contribution in [1.82, 2.24) is 4.58 Å². The number of rotatable bonds is 11. The normalized spacial score (nSPS) is 11.7. The maximum atomic E-state index is 12.4. The molecule has 17 nitrogen and oxygen atoms in total.